The van der Waals surface area contributed by atoms with E-state index in [-0.39, 0.29) is 47.5 Å². The van der Waals surface area contributed by atoms with Crippen molar-refractivity contribution in [2.45, 2.75) is 83.7 Å². The predicted molar refractivity (Wildman–Crippen MR) is 132 cm³/mol. The number of carbonyl (C=O) groups excluding carboxylic acids is 3. The summed E-state index contributed by atoms with van der Waals surface area (Å²) in [5.41, 5.74) is -1.41. The van der Waals surface area contributed by atoms with Crippen LogP contribution in [0.15, 0.2) is 29.0 Å². The first-order chi connectivity index (χ1) is 16.9. The van der Waals surface area contributed by atoms with Crippen molar-refractivity contribution in [1.29, 1.82) is 0 Å². The topological polar surface area (TPSA) is 132 Å². The molecule has 0 amide bonds. The van der Waals surface area contributed by atoms with Crippen LogP contribution in [0.3, 0.4) is 0 Å². The number of rotatable bonds is 4. The van der Waals surface area contributed by atoms with Gasteiger partial charge in [0.2, 0.25) is 5.78 Å². The number of fused-ring (bicyclic) bond motifs is 3. The van der Waals surface area contributed by atoms with Crippen molar-refractivity contribution < 1.29 is 34.8 Å². The molecule has 0 bridgehead atoms. The smallest absolute Gasteiger partial charge is 0.202 e. The van der Waals surface area contributed by atoms with Crippen LogP contribution in [0.4, 0.5) is 0 Å². The van der Waals surface area contributed by atoms with Crippen molar-refractivity contribution in [1.82, 2.24) is 0 Å². The van der Waals surface area contributed by atoms with E-state index in [4.69, 9.17) is 0 Å². The Morgan fingerprint density at radius 3 is 2.39 bits per heavy atom. The van der Waals surface area contributed by atoms with Crippen molar-refractivity contribution in [3.8, 4) is 5.75 Å². The molecule has 3 atom stereocenters. The first kappa shape index (κ1) is 24.8. The lowest BCUT2D eigenvalue weighted by Gasteiger charge is -2.46. The SMILES string of the molecule is CC(C)c1ccc(O)c2c1CC1CC3CC(=O)C(C(=O)CC4(C)CCCC4)=C(O)C3(O)C(=O)C1=C2O. The molecule has 192 valence electrons. The fourth-order valence-corrected chi connectivity index (χ4v) is 7.10. The first-order valence-electron chi connectivity index (χ1n) is 12.9. The van der Waals surface area contributed by atoms with Gasteiger partial charge in [-0.2, -0.15) is 0 Å². The van der Waals surface area contributed by atoms with E-state index >= 15 is 0 Å². The van der Waals surface area contributed by atoms with Gasteiger partial charge in [-0.25, -0.2) is 0 Å². The Hall–Kier alpha value is -2.93. The van der Waals surface area contributed by atoms with E-state index in [1.807, 2.05) is 20.8 Å². The van der Waals surface area contributed by atoms with Gasteiger partial charge < -0.3 is 20.4 Å². The van der Waals surface area contributed by atoms with Gasteiger partial charge in [0.1, 0.15) is 22.8 Å². The number of ketones is 3. The summed E-state index contributed by atoms with van der Waals surface area (Å²) >= 11 is 0. The molecule has 0 aromatic heterocycles. The van der Waals surface area contributed by atoms with Crippen molar-refractivity contribution >= 4 is 23.1 Å². The van der Waals surface area contributed by atoms with Gasteiger partial charge in [0.25, 0.3) is 0 Å². The summed E-state index contributed by atoms with van der Waals surface area (Å²) in [7, 11) is 0. The van der Waals surface area contributed by atoms with E-state index in [1.54, 1.807) is 6.07 Å². The highest BCUT2D eigenvalue weighted by Crippen LogP contribution is 2.53. The predicted octanol–water partition coefficient (Wildman–Crippen LogP) is 4.60. The molecule has 4 N–H and O–H groups in total. The second-order valence-corrected chi connectivity index (χ2v) is 11.8. The number of phenolic OH excluding ortho intramolecular Hbond substituents is 1. The number of Topliss-reactive ketones (excluding diaryl/α,β-unsaturated/α-hetero) is 3. The summed E-state index contributed by atoms with van der Waals surface area (Å²) in [6.07, 6.45) is 4.07. The molecule has 7 heteroatoms. The van der Waals surface area contributed by atoms with Gasteiger partial charge in [-0.1, -0.05) is 39.7 Å². The second-order valence-electron chi connectivity index (χ2n) is 11.8. The van der Waals surface area contributed by atoms with Gasteiger partial charge in [0.15, 0.2) is 17.2 Å². The molecule has 4 aliphatic rings. The fourth-order valence-electron chi connectivity index (χ4n) is 7.10. The third-order valence-corrected chi connectivity index (χ3v) is 9.04. The summed E-state index contributed by atoms with van der Waals surface area (Å²) in [6, 6.07) is 3.28. The number of hydrogen-bond acceptors (Lipinski definition) is 7. The number of carbonyl (C=O) groups is 3. The lowest BCUT2D eigenvalue weighted by atomic mass is 9.58. The monoisotopic (exact) mass is 494 g/mol. The minimum absolute atomic E-state index is 0.0621. The van der Waals surface area contributed by atoms with Gasteiger partial charge >= 0.3 is 0 Å². The van der Waals surface area contributed by atoms with Gasteiger partial charge in [-0.15, -0.1) is 0 Å². The molecule has 0 heterocycles. The van der Waals surface area contributed by atoms with Crippen LogP contribution in [0.5, 0.6) is 5.75 Å². The van der Waals surface area contributed by atoms with Gasteiger partial charge in [-0.05, 0) is 60.1 Å². The van der Waals surface area contributed by atoms with Gasteiger partial charge in [0, 0.05) is 24.3 Å². The Kier molecular flexibility index (Phi) is 5.71. The van der Waals surface area contributed by atoms with Crippen LogP contribution in [0.1, 0.15) is 88.3 Å². The van der Waals surface area contributed by atoms with Crippen LogP contribution in [-0.2, 0) is 20.8 Å². The molecule has 1 aromatic carbocycles. The Labute approximate surface area is 210 Å². The molecule has 0 saturated heterocycles. The quantitative estimate of drug-likeness (QED) is 0.450. The second kappa shape index (κ2) is 8.30. The molecule has 1 aromatic rings. The zero-order valence-electron chi connectivity index (χ0n) is 21.1. The molecule has 0 aliphatic heterocycles. The van der Waals surface area contributed by atoms with E-state index in [0.717, 1.165) is 36.8 Å². The van der Waals surface area contributed by atoms with E-state index < -0.39 is 51.9 Å². The van der Waals surface area contributed by atoms with Crippen molar-refractivity contribution in [2.75, 3.05) is 0 Å². The van der Waals surface area contributed by atoms with E-state index in [9.17, 15) is 34.8 Å². The fraction of sp³-hybridized carbons (Fsp3) is 0.552. The number of hydrogen-bond donors (Lipinski definition) is 4. The van der Waals surface area contributed by atoms with E-state index in [0.29, 0.717) is 6.42 Å². The van der Waals surface area contributed by atoms with Crippen molar-refractivity contribution in [3.63, 3.8) is 0 Å². The number of allylic oxidation sites excluding steroid dienone is 1. The minimum Gasteiger partial charge on any atom is -0.508 e. The Morgan fingerprint density at radius 2 is 1.75 bits per heavy atom. The molecule has 0 spiro atoms. The molecular weight excluding hydrogens is 460 g/mol. The lowest BCUT2D eigenvalue weighted by Crippen LogP contribution is -2.58. The molecule has 5 rings (SSSR count). The largest absolute Gasteiger partial charge is 0.508 e. The average molecular weight is 495 g/mol. The lowest BCUT2D eigenvalue weighted by molar-refractivity contribution is -0.147. The third-order valence-electron chi connectivity index (χ3n) is 9.04. The normalized spacial score (nSPS) is 29.4. The number of phenols is 1. The molecule has 7 nitrogen and oxygen atoms in total. The minimum atomic E-state index is -2.46. The standard InChI is InChI=1S/C29H34O7/c1-14(2)17-6-7-19(30)23-18(17)11-15-10-16-12-20(31)24(21(32)13-28(3)8-4-5-9-28)27(35)29(16,36)26(34)22(15)25(23)33/h6-7,14-16,30,33,35-36H,4-5,8-13H2,1-3H3. The Bertz CT molecular complexity index is 1240. The maximum absolute atomic E-state index is 13.8. The molecule has 3 unspecified atom stereocenters. The number of aromatic hydroxyl groups is 1. The number of aliphatic hydroxyl groups excluding tert-OH is 2. The van der Waals surface area contributed by atoms with Gasteiger partial charge in [-0.3, -0.25) is 14.4 Å². The number of aliphatic hydroxyl groups is 3. The Balaban J connectivity index is 1.60. The highest BCUT2D eigenvalue weighted by atomic mass is 16.3. The summed E-state index contributed by atoms with van der Waals surface area (Å²) in [6.45, 7) is 5.98. The molecule has 2 fully saturated rings. The zero-order chi connectivity index (χ0) is 26.2. The highest BCUT2D eigenvalue weighted by molar-refractivity contribution is 6.24. The van der Waals surface area contributed by atoms with Crippen LogP contribution in [0, 0.1) is 17.3 Å². The number of benzene rings is 1. The molecule has 0 radical (unpaired) electrons. The third kappa shape index (κ3) is 3.46. The van der Waals surface area contributed by atoms with Crippen molar-refractivity contribution in [3.05, 3.63) is 45.7 Å². The molecule has 4 aliphatic carbocycles. The summed E-state index contributed by atoms with van der Waals surface area (Å²) in [4.78, 5) is 40.1. The maximum atomic E-state index is 13.8. The zero-order valence-corrected chi connectivity index (χ0v) is 21.1. The van der Waals surface area contributed by atoms with Crippen LogP contribution in [-0.4, -0.2) is 43.4 Å². The molecular formula is C29H34O7. The average Bonchev–Trinajstić information content (AvgIpc) is 3.21. The molecule has 36 heavy (non-hydrogen) atoms. The van der Waals surface area contributed by atoms with Crippen LogP contribution in [0.2, 0.25) is 0 Å². The summed E-state index contributed by atoms with van der Waals surface area (Å²) < 4.78 is 0. The Morgan fingerprint density at radius 1 is 1.08 bits per heavy atom. The molecule has 2 saturated carbocycles. The highest BCUT2D eigenvalue weighted by Gasteiger charge is 2.60. The van der Waals surface area contributed by atoms with Crippen LogP contribution >= 0.6 is 0 Å². The van der Waals surface area contributed by atoms with E-state index in [2.05, 4.69) is 0 Å². The van der Waals surface area contributed by atoms with Crippen molar-refractivity contribution in [2.24, 2.45) is 17.3 Å². The maximum Gasteiger partial charge on any atom is 0.202 e. The first-order valence-corrected chi connectivity index (χ1v) is 12.9. The van der Waals surface area contributed by atoms with Crippen LogP contribution < -0.4 is 0 Å². The van der Waals surface area contributed by atoms with E-state index in [1.165, 1.54) is 6.07 Å². The summed E-state index contributed by atoms with van der Waals surface area (Å²) in [5, 5.41) is 44.6. The summed E-state index contributed by atoms with van der Waals surface area (Å²) in [5.74, 6) is -4.72. The van der Waals surface area contributed by atoms with Gasteiger partial charge in [0.05, 0.1) is 5.56 Å². The van der Waals surface area contributed by atoms with Crippen LogP contribution in [0.25, 0.3) is 5.76 Å².